The van der Waals surface area contributed by atoms with Crippen LogP contribution >= 0.6 is 43.5 Å². The summed E-state index contributed by atoms with van der Waals surface area (Å²) in [6, 6.07) is 3.58. The highest BCUT2D eigenvalue weighted by Crippen LogP contribution is 2.38. The minimum atomic E-state index is -1.21. The highest BCUT2D eigenvalue weighted by atomic mass is 79.9. The van der Waals surface area contributed by atoms with Gasteiger partial charge in [-0.15, -0.1) is 0 Å². The topological polar surface area (TPSA) is 87.7 Å². The van der Waals surface area contributed by atoms with Gasteiger partial charge in [-0.25, -0.2) is 4.98 Å². The zero-order valence-electron chi connectivity index (χ0n) is 10.4. The molecule has 0 amide bonds. The Labute approximate surface area is 141 Å². The van der Waals surface area contributed by atoms with Gasteiger partial charge in [-0.2, -0.15) is 0 Å². The maximum atomic E-state index is 10.1. The number of aromatic nitrogens is 2. The molecule has 9 heteroatoms. The van der Waals surface area contributed by atoms with Crippen molar-refractivity contribution in [3.8, 4) is 0 Å². The van der Waals surface area contributed by atoms with E-state index in [2.05, 4.69) is 36.8 Å². The number of imidazole rings is 1. The van der Waals surface area contributed by atoms with Crippen molar-refractivity contribution in [2.24, 2.45) is 0 Å². The van der Waals surface area contributed by atoms with Gasteiger partial charge in [-0.1, -0.05) is 0 Å². The summed E-state index contributed by atoms with van der Waals surface area (Å²) < 4.78 is 8.54. The van der Waals surface area contributed by atoms with Gasteiger partial charge < -0.3 is 20.1 Å². The van der Waals surface area contributed by atoms with Gasteiger partial charge in [0, 0.05) is 4.47 Å². The largest absolute Gasteiger partial charge is 0.394 e. The molecule has 1 aliphatic heterocycles. The predicted molar refractivity (Wildman–Crippen MR) is 83.2 cm³/mol. The molecule has 0 bridgehead atoms. The molecular weight excluding hydrogens is 431 g/mol. The summed E-state index contributed by atoms with van der Waals surface area (Å²) in [5.74, 6) is 0. The Hall–Kier alpha value is -0.220. The first-order chi connectivity index (χ1) is 9.95. The molecule has 6 nitrogen and oxygen atoms in total. The maximum Gasteiger partial charge on any atom is 0.206 e. The van der Waals surface area contributed by atoms with E-state index in [1.54, 1.807) is 6.07 Å². The summed E-state index contributed by atoms with van der Waals surface area (Å²) in [5.41, 5.74) is 1.25. The average molecular weight is 442 g/mol. The predicted octanol–water partition coefficient (Wildman–Crippen LogP) is 1.83. The second-order valence-electron chi connectivity index (χ2n) is 4.71. The Morgan fingerprint density at radius 1 is 1.29 bits per heavy atom. The lowest BCUT2D eigenvalue weighted by atomic mass is 10.1. The van der Waals surface area contributed by atoms with Crippen LogP contribution in [0.1, 0.15) is 6.23 Å². The highest BCUT2D eigenvalue weighted by molar-refractivity contribution is 9.13. The molecule has 114 valence electrons. The summed E-state index contributed by atoms with van der Waals surface area (Å²) in [6.07, 6.45) is -4.17. The molecule has 2 aromatic rings. The zero-order chi connectivity index (χ0) is 15.3. The van der Waals surface area contributed by atoms with E-state index >= 15 is 0 Å². The van der Waals surface area contributed by atoms with Gasteiger partial charge in [0.2, 0.25) is 5.28 Å². The average Bonchev–Trinajstić information content (AvgIpc) is 2.93. The molecule has 0 spiro atoms. The van der Waals surface area contributed by atoms with Crippen LogP contribution in [0.25, 0.3) is 11.0 Å². The van der Waals surface area contributed by atoms with E-state index in [1.165, 1.54) is 4.57 Å². The van der Waals surface area contributed by atoms with E-state index in [0.29, 0.717) is 11.0 Å². The van der Waals surface area contributed by atoms with Crippen molar-refractivity contribution in [2.45, 2.75) is 24.5 Å². The van der Waals surface area contributed by atoms with Crippen molar-refractivity contribution < 1.29 is 20.1 Å². The van der Waals surface area contributed by atoms with Crippen LogP contribution in [-0.2, 0) is 4.74 Å². The third-order valence-electron chi connectivity index (χ3n) is 3.48. The van der Waals surface area contributed by atoms with Gasteiger partial charge in [0.1, 0.15) is 23.8 Å². The molecule has 1 fully saturated rings. The number of ether oxygens (including phenoxy) is 1. The van der Waals surface area contributed by atoms with Crippen molar-refractivity contribution >= 4 is 54.5 Å². The fourth-order valence-electron chi connectivity index (χ4n) is 2.41. The number of hydrogen-bond acceptors (Lipinski definition) is 5. The van der Waals surface area contributed by atoms with Crippen LogP contribution < -0.4 is 0 Å². The number of nitrogens with zero attached hydrogens (tertiary/aromatic N) is 2. The van der Waals surface area contributed by atoms with E-state index in [9.17, 15) is 10.2 Å². The number of halogens is 3. The molecule has 3 rings (SSSR count). The number of benzene rings is 1. The molecule has 0 aliphatic carbocycles. The fraction of sp³-hybridized carbons (Fsp3) is 0.417. The molecule has 1 aromatic heterocycles. The van der Waals surface area contributed by atoms with Crippen LogP contribution in [0.2, 0.25) is 5.28 Å². The fourth-order valence-corrected chi connectivity index (χ4v) is 3.43. The Bertz CT molecular complexity index is 695. The lowest BCUT2D eigenvalue weighted by Gasteiger charge is -2.18. The summed E-state index contributed by atoms with van der Waals surface area (Å²) in [5, 5.41) is 29.3. The maximum absolute atomic E-state index is 10.1. The van der Waals surface area contributed by atoms with Crippen molar-refractivity contribution in [1.29, 1.82) is 0 Å². The number of aliphatic hydroxyl groups excluding tert-OH is 3. The first-order valence-electron chi connectivity index (χ1n) is 6.09. The molecule has 1 saturated heterocycles. The van der Waals surface area contributed by atoms with Crippen LogP contribution in [-0.4, -0.2) is 49.8 Å². The van der Waals surface area contributed by atoms with Crippen molar-refractivity contribution in [1.82, 2.24) is 9.55 Å². The third-order valence-corrected chi connectivity index (χ3v) is 5.74. The smallest absolute Gasteiger partial charge is 0.206 e. The van der Waals surface area contributed by atoms with E-state index in [-0.39, 0.29) is 5.28 Å². The Morgan fingerprint density at radius 3 is 2.62 bits per heavy atom. The van der Waals surface area contributed by atoms with Crippen LogP contribution in [0, 0.1) is 0 Å². The number of rotatable bonds is 2. The van der Waals surface area contributed by atoms with Crippen LogP contribution in [0.5, 0.6) is 0 Å². The first kappa shape index (κ1) is 15.7. The van der Waals surface area contributed by atoms with E-state index in [4.69, 9.17) is 21.4 Å². The molecular formula is C12H11Br2ClN2O4. The number of fused-ring (bicyclic) bond motifs is 1. The van der Waals surface area contributed by atoms with E-state index in [0.717, 1.165) is 8.95 Å². The molecule has 4 atom stereocenters. The first-order valence-corrected chi connectivity index (χ1v) is 8.06. The summed E-state index contributed by atoms with van der Waals surface area (Å²) in [4.78, 5) is 4.24. The van der Waals surface area contributed by atoms with Gasteiger partial charge in [-0.3, -0.25) is 4.57 Å². The highest BCUT2D eigenvalue weighted by Gasteiger charge is 2.44. The molecule has 3 N–H and O–H groups in total. The number of hydrogen-bond donors (Lipinski definition) is 3. The minimum absolute atomic E-state index is 0.124. The van der Waals surface area contributed by atoms with Crippen molar-refractivity contribution in [3.63, 3.8) is 0 Å². The Kier molecular flexibility index (Phi) is 4.30. The monoisotopic (exact) mass is 440 g/mol. The van der Waals surface area contributed by atoms with Crippen molar-refractivity contribution in [2.75, 3.05) is 6.61 Å². The van der Waals surface area contributed by atoms with Crippen LogP contribution in [0.3, 0.4) is 0 Å². The summed E-state index contributed by atoms with van der Waals surface area (Å²) in [6.45, 7) is -0.395. The van der Waals surface area contributed by atoms with E-state index in [1.807, 2.05) is 6.07 Å². The molecule has 21 heavy (non-hydrogen) atoms. The Balaban J connectivity index is 2.13. The minimum Gasteiger partial charge on any atom is -0.394 e. The SMILES string of the molecule is OC[C@H]1O[C@@H](n2c(Cl)nc3c(Br)c(Br)ccc32)[C@H](O)[C@@H]1O. The Morgan fingerprint density at radius 2 is 2.00 bits per heavy atom. The van der Waals surface area contributed by atoms with Gasteiger partial charge >= 0.3 is 0 Å². The van der Waals surface area contributed by atoms with Gasteiger partial charge in [0.15, 0.2) is 6.23 Å². The molecule has 0 unspecified atom stereocenters. The molecule has 0 radical (unpaired) electrons. The lowest BCUT2D eigenvalue weighted by molar-refractivity contribution is -0.0507. The van der Waals surface area contributed by atoms with Gasteiger partial charge in [0.05, 0.1) is 16.6 Å². The number of aliphatic hydroxyl groups is 3. The van der Waals surface area contributed by atoms with Crippen molar-refractivity contribution in [3.05, 3.63) is 26.4 Å². The van der Waals surface area contributed by atoms with Gasteiger partial charge in [-0.05, 0) is 55.6 Å². The second-order valence-corrected chi connectivity index (χ2v) is 6.69. The van der Waals surface area contributed by atoms with Gasteiger partial charge in [0.25, 0.3) is 0 Å². The van der Waals surface area contributed by atoms with E-state index < -0.39 is 31.1 Å². The van der Waals surface area contributed by atoms with Crippen LogP contribution in [0.15, 0.2) is 21.1 Å². The second kappa shape index (κ2) is 5.77. The molecule has 0 saturated carbocycles. The zero-order valence-corrected chi connectivity index (χ0v) is 14.4. The molecule has 2 heterocycles. The lowest BCUT2D eigenvalue weighted by Crippen LogP contribution is -2.33. The standard InChI is InChI=1S/C12H11Br2ClN2O4/c13-4-1-2-5-8(7(4)14)16-12(15)17(5)11-10(20)9(19)6(3-18)21-11/h1-2,6,9-11,18-20H,3H2/t6-,9-,10-,11-/m1/s1. The normalized spacial score (nSPS) is 29.4. The summed E-state index contributed by atoms with van der Waals surface area (Å²) in [7, 11) is 0. The molecule has 1 aliphatic rings. The van der Waals surface area contributed by atoms with Crippen LogP contribution in [0.4, 0.5) is 0 Å². The summed E-state index contributed by atoms with van der Waals surface area (Å²) >= 11 is 13.0. The molecule has 1 aromatic carbocycles. The third kappa shape index (κ3) is 2.42. The quantitative estimate of drug-likeness (QED) is 0.661.